The van der Waals surface area contributed by atoms with E-state index in [1.807, 2.05) is 13.8 Å². The fraction of sp³-hybridized carbons (Fsp3) is 0.267. The van der Waals surface area contributed by atoms with Crippen LogP contribution >= 0.6 is 0 Å². The van der Waals surface area contributed by atoms with Gasteiger partial charge < -0.3 is 9.73 Å². The Kier molecular flexibility index (Phi) is 3.51. The van der Waals surface area contributed by atoms with E-state index < -0.39 is 0 Å². The van der Waals surface area contributed by atoms with Crippen LogP contribution in [0.25, 0.3) is 0 Å². The molecular weight excluding hydrogens is 226 g/mol. The van der Waals surface area contributed by atoms with Gasteiger partial charge >= 0.3 is 0 Å². The van der Waals surface area contributed by atoms with Crippen molar-refractivity contribution in [2.24, 2.45) is 0 Å². The highest BCUT2D eigenvalue weighted by molar-refractivity contribution is 5.93. The van der Waals surface area contributed by atoms with Crippen molar-refractivity contribution >= 4 is 11.6 Å². The summed E-state index contributed by atoms with van der Waals surface area (Å²) in [5, 5.41) is 2.95. The summed E-state index contributed by atoms with van der Waals surface area (Å²) in [6.07, 6.45) is 1.84. The van der Waals surface area contributed by atoms with Crippen molar-refractivity contribution in [3.05, 3.63) is 53.0 Å². The average molecular weight is 243 g/mol. The zero-order valence-corrected chi connectivity index (χ0v) is 10.9. The molecule has 0 atom stereocenters. The fourth-order valence-corrected chi connectivity index (χ4v) is 2.13. The molecule has 0 spiro atoms. The second-order valence-electron chi connectivity index (χ2n) is 4.58. The highest BCUT2D eigenvalue weighted by atomic mass is 16.3. The Morgan fingerprint density at radius 2 is 1.89 bits per heavy atom. The van der Waals surface area contributed by atoms with Crippen LogP contribution in [0, 0.1) is 20.8 Å². The van der Waals surface area contributed by atoms with E-state index in [4.69, 9.17) is 4.42 Å². The van der Waals surface area contributed by atoms with Gasteiger partial charge in [0, 0.05) is 5.69 Å². The number of hydrogen-bond donors (Lipinski definition) is 1. The van der Waals surface area contributed by atoms with Crippen LogP contribution in [0.1, 0.15) is 22.5 Å². The molecule has 1 aromatic heterocycles. The SMILES string of the molecule is Cc1cc(C)c(NC(=O)Cc2ccco2)c(C)c1. The van der Waals surface area contributed by atoms with Gasteiger partial charge in [-0.3, -0.25) is 4.79 Å². The van der Waals surface area contributed by atoms with E-state index in [1.54, 1.807) is 18.4 Å². The van der Waals surface area contributed by atoms with Crippen molar-refractivity contribution in [2.45, 2.75) is 27.2 Å². The van der Waals surface area contributed by atoms with Gasteiger partial charge in [0.1, 0.15) is 5.76 Å². The minimum Gasteiger partial charge on any atom is -0.469 e. The predicted molar refractivity (Wildman–Crippen MR) is 71.7 cm³/mol. The molecule has 3 nitrogen and oxygen atoms in total. The van der Waals surface area contributed by atoms with Crippen molar-refractivity contribution in [1.29, 1.82) is 0 Å². The van der Waals surface area contributed by atoms with Crippen LogP contribution in [0.3, 0.4) is 0 Å². The second kappa shape index (κ2) is 5.08. The number of carbonyl (C=O) groups excluding carboxylic acids is 1. The number of furan rings is 1. The maximum Gasteiger partial charge on any atom is 0.232 e. The molecule has 3 heteroatoms. The van der Waals surface area contributed by atoms with Gasteiger partial charge in [-0.05, 0) is 44.0 Å². The van der Waals surface area contributed by atoms with E-state index in [-0.39, 0.29) is 12.3 Å². The molecule has 2 rings (SSSR count). The molecule has 0 radical (unpaired) electrons. The summed E-state index contributed by atoms with van der Waals surface area (Å²) < 4.78 is 5.16. The number of benzene rings is 1. The number of amides is 1. The maximum absolute atomic E-state index is 11.9. The smallest absolute Gasteiger partial charge is 0.232 e. The van der Waals surface area contributed by atoms with Gasteiger partial charge in [-0.15, -0.1) is 0 Å². The van der Waals surface area contributed by atoms with E-state index in [9.17, 15) is 4.79 Å². The normalized spacial score (nSPS) is 10.4. The fourth-order valence-electron chi connectivity index (χ4n) is 2.13. The van der Waals surface area contributed by atoms with Gasteiger partial charge in [0.05, 0.1) is 12.7 Å². The van der Waals surface area contributed by atoms with Crippen LogP contribution in [0.2, 0.25) is 0 Å². The zero-order valence-electron chi connectivity index (χ0n) is 10.9. The van der Waals surface area contributed by atoms with Crippen LogP contribution in [0.4, 0.5) is 5.69 Å². The van der Waals surface area contributed by atoms with Gasteiger partial charge in [-0.2, -0.15) is 0 Å². The van der Waals surface area contributed by atoms with Crippen LogP contribution < -0.4 is 5.32 Å². The Labute approximate surface area is 107 Å². The first kappa shape index (κ1) is 12.4. The average Bonchev–Trinajstić information content (AvgIpc) is 2.76. The number of aryl methyl sites for hydroxylation is 3. The summed E-state index contributed by atoms with van der Waals surface area (Å²) in [6.45, 7) is 6.06. The second-order valence-corrected chi connectivity index (χ2v) is 4.58. The van der Waals surface area contributed by atoms with Crippen LogP contribution in [0.15, 0.2) is 34.9 Å². The van der Waals surface area contributed by atoms with E-state index >= 15 is 0 Å². The maximum atomic E-state index is 11.9. The molecule has 1 amide bonds. The summed E-state index contributed by atoms with van der Waals surface area (Å²) in [7, 11) is 0. The molecule has 0 fully saturated rings. The zero-order chi connectivity index (χ0) is 13.1. The Balaban J connectivity index is 2.12. The number of hydrogen-bond acceptors (Lipinski definition) is 2. The Bertz CT molecular complexity index is 533. The van der Waals surface area contributed by atoms with Crippen molar-refractivity contribution < 1.29 is 9.21 Å². The minimum absolute atomic E-state index is 0.0556. The molecule has 0 saturated carbocycles. The molecule has 18 heavy (non-hydrogen) atoms. The lowest BCUT2D eigenvalue weighted by Crippen LogP contribution is -2.15. The third-order valence-electron chi connectivity index (χ3n) is 2.86. The predicted octanol–water partition coefficient (Wildman–Crippen LogP) is 3.39. The molecule has 0 saturated heterocycles. The Morgan fingerprint density at radius 1 is 1.22 bits per heavy atom. The van der Waals surface area contributed by atoms with Gasteiger partial charge in [0.15, 0.2) is 0 Å². The minimum atomic E-state index is -0.0556. The Morgan fingerprint density at radius 3 is 2.44 bits per heavy atom. The lowest BCUT2D eigenvalue weighted by Gasteiger charge is -2.12. The summed E-state index contributed by atoms with van der Waals surface area (Å²) in [6, 6.07) is 7.71. The monoisotopic (exact) mass is 243 g/mol. The third-order valence-corrected chi connectivity index (χ3v) is 2.86. The molecule has 0 unspecified atom stereocenters. The summed E-state index contributed by atoms with van der Waals surface area (Å²) in [5.74, 6) is 0.620. The first-order valence-electron chi connectivity index (χ1n) is 5.96. The molecule has 0 bridgehead atoms. The van der Waals surface area contributed by atoms with Crippen LogP contribution in [-0.4, -0.2) is 5.91 Å². The summed E-state index contributed by atoms with van der Waals surface area (Å²) in [4.78, 5) is 11.9. The topological polar surface area (TPSA) is 42.2 Å². The highest BCUT2D eigenvalue weighted by Gasteiger charge is 2.10. The number of anilines is 1. The van der Waals surface area contributed by atoms with Crippen molar-refractivity contribution in [3.8, 4) is 0 Å². The van der Waals surface area contributed by atoms with E-state index in [0.717, 1.165) is 16.8 Å². The highest BCUT2D eigenvalue weighted by Crippen LogP contribution is 2.22. The quantitative estimate of drug-likeness (QED) is 0.897. The van der Waals surface area contributed by atoms with E-state index in [2.05, 4.69) is 24.4 Å². The van der Waals surface area contributed by atoms with Crippen molar-refractivity contribution in [2.75, 3.05) is 5.32 Å². The number of rotatable bonds is 3. The first-order chi connectivity index (χ1) is 8.56. The first-order valence-corrected chi connectivity index (χ1v) is 5.96. The lowest BCUT2D eigenvalue weighted by atomic mass is 10.0. The molecule has 1 heterocycles. The standard InChI is InChI=1S/C15H17NO2/c1-10-7-11(2)15(12(3)8-10)16-14(17)9-13-5-4-6-18-13/h4-8H,9H2,1-3H3,(H,16,17). The lowest BCUT2D eigenvalue weighted by molar-refractivity contribution is -0.115. The van der Waals surface area contributed by atoms with E-state index in [0.29, 0.717) is 5.76 Å². The number of nitrogens with one attached hydrogen (secondary N) is 1. The largest absolute Gasteiger partial charge is 0.469 e. The van der Waals surface area contributed by atoms with Crippen LogP contribution in [-0.2, 0) is 11.2 Å². The van der Waals surface area contributed by atoms with Gasteiger partial charge in [-0.25, -0.2) is 0 Å². The molecular formula is C15H17NO2. The third kappa shape index (κ3) is 2.80. The van der Waals surface area contributed by atoms with Gasteiger partial charge in [0.25, 0.3) is 0 Å². The van der Waals surface area contributed by atoms with Crippen LogP contribution in [0.5, 0.6) is 0 Å². The molecule has 1 N–H and O–H groups in total. The molecule has 0 aliphatic carbocycles. The van der Waals surface area contributed by atoms with E-state index in [1.165, 1.54) is 5.56 Å². The Hall–Kier alpha value is -2.03. The number of carbonyl (C=O) groups is 1. The van der Waals surface area contributed by atoms with Crippen molar-refractivity contribution in [3.63, 3.8) is 0 Å². The molecule has 2 aromatic rings. The molecule has 94 valence electrons. The van der Waals surface area contributed by atoms with Gasteiger partial charge in [-0.1, -0.05) is 17.7 Å². The summed E-state index contributed by atoms with van der Waals surface area (Å²) >= 11 is 0. The molecule has 0 aliphatic rings. The molecule has 0 aliphatic heterocycles. The summed E-state index contributed by atoms with van der Waals surface area (Å²) in [5.41, 5.74) is 4.27. The molecule has 1 aromatic carbocycles. The van der Waals surface area contributed by atoms with Gasteiger partial charge in [0.2, 0.25) is 5.91 Å². The van der Waals surface area contributed by atoms with Crippen molar-refractivity contribution in [1.82, 2.24) is 0 Å².